The average molecular weight is 912 g/mol. The van der Waals surface area contributed by atoms with E-state index < -0.39 is 14.2 Å². The van der Waals surface area contributed by atoms with Gasteiger partial charge in [0.05, 0.1) is 0 Å². The number of rotatable bonds is 8. The van der Waals surface area contributed by atoms with Crippen molar-refractivity contribution < 1.29 is 14.2 Å². The predicted octanol–water partition coefficient (Wildman–Crippen LogP) is 15.3. The van der Waals surface area contributed by atoms with Gasteiger partial charge in [-0.25, -0.2) is 0 Å². The molecule has 0 amide bonds. The zero-order valence-corrected chi connectivity index (χ0v) is 38.3. The zero-order valence-electron chi connectivity index (χ0n) is 33.3. The van der Waals surface area contributed by atoms with Gasteiger partial charge in [-0.1, -0.05) is 0 Å². The minimum atomic E-state index is -5.46. The Bertz CT molecular complexity index is 2510. The summed E-state index contributed by atoms with van der Waals surface area (Å²) in [5.41, 5.74) is 16.8. The van der Waals surface area contributed by atoms with Gasteiger partial charge in [0.1, 0.15) is 0 Å². The van der Waals surface area contributed by atoms with Crippen LogP contribution in [0.3, 0.4) is 0 Å². The van der Waals surface area contributed by atoms with Crippen LogP contribution >= 0.6 is 0 Å². The number of benzene rings is 6. The van der Waals surface area contributed by atoms with Gasteiger partial charge in [0.25, 0.3) is 0 Å². The second kappa shape index (κ2) is 12.4. The van der Waals surface area contributed by atoms with Gasteiger partial charge in [0, 0.05) is 0 Å². The van der Waals surface area contributed by atoms with Crippen molar-refractivity contribution in [3.8, 4) is 44.5 Å². The fraction of sp³-hybridized carbons (Fsp3) is 0.259. The summed E-state index contributed by atoms with van der Waals surface area (Å²) in [7, 11) is 0. The van der Waals surface area contributed by atoms with Crippen LogP contribution in [0, 0.1) is 0 Å². The standard InChI is InChI=1S/2C21H15.2C5H9.2CH3.Hf.H2Si/c2*1-2-8-16(9-3-1)18-12-4-5-13-20(18)21-15-7-11-17-10-6-14-19(17)21;2*1-2-4-5-3-1;;;;/h2*1-15H;2*1H,2-5H2;2*1H3;;1H2. The molecular weight excluding hydrogens is 855 g/mol. The Morgan fingerprint density at radius 3 is 1.12 bits per heavy atom. The summed E-state index contributed by atoms with van der Waals surface area (Å²) in [5.74, 6) is 0. The quantitative estimate of drug-likeness (QED) is 0.134. The van der Waals surface area contributed by atoms with Crippen LogP contribution in [0.25, 0.3) is 56.7 Å². The molecule has 2 unspecified atom stereocenters. The molecule has 0 heterocycles. The molecule has 2 fully saturated rings. The third-order valence-electron chi connectivity index (χ3n) is 17.6. The van der Waals surface area contributed by atoms with E-state index >= 15 is 0 Å². The van der Waals surface area contributed by atoms with E-state index in [0.717, 1.165) is 7.35 Å². The van der Waals surface area contributed by atoms with E-state index in [4.69, 9.17) is 0 Å². The van der Waals surface area contributed by atoms with Gasteiger partial charge >= 0.3 is 333 Å². The third-order valence-corrected chi connectivity index (χ3v) is 87.9. The number of hydrogen-bond donors (Lipinski definition) is 0. The van der Waals surface area contributed by atoms with Crippen molar-refractivity contribution in [1.29, 1.82) is 0 Å². The van der Waals surface area contributed by atoms with Crippen LogP contribution in [0.5, 0.6) is 0 Å². The normalized spacial score (nSPS) is 21.3. The molecule has 4 aliphatic rings. The zero-order chi connectivity index (χ0) is 38.1. The van der Waals surface area contributed by atoms with Crippen molar-refractivity contribution in [2.24, 2.45) is 0 Å². The van der Waals surface area contributed by atoms with Crippen LogP contribution in [-0.4, -0.2) is 6.94 Å². The second-order valence-corrected chi connectivity index (χ2v) is 94.0. The minimum absolute atomic E-state index is 0.434. The summed E-state index contributed by atoms with van der Waals surface area (Å²) in [5, 5.41) is 0. The van der Waals surface area contributed by atoms with Gasteiger partial charge in [-0.3, -0.25) is 0 Å². The van der Waals surface area contributed by atoms with Crippen molar-refractivity contribution in [3.63, 3.8) is 0 Å². The van der Waals surface area contributed by atoms with Crippen molar-refractivity contribution in [3.05, 3.63) is 180 Å². The van der Waals surface area contributed by atoms with Crippen LogP contribution in [0.1, 0.15) is 81.0 Å². The monoisotopic (exact) mass is 912 g/mol. The molecule has 6 aromatic carbocycles. The Morgan fingerprint density at radius 1 is 0.393 bits per heavy atom. The van der Waals surface area contributed by atoms with Crippen LogP contribution in [0.4, 0.5) is 0 Å². The Balaban J connectivity index is 1.22. The molecule has 56 heavy (non-hydrogen) atoms. The van der Waals surface area contributed by atoms with Crippen LogP contribution in [0.2, 0.25) is 16.7 Å². The number of hydrogen-bond acceptors (Lipinski definition) is 0. The molecule has 6 aromatic rings. The van der Waals surface area contributed by atoms with Crippen LogP contribution in [0.15, 0.2) is 158 Å². The van der Waals surface area contributed by atoms with Crippen LogP contribution < -0.4 is 0 Å². The SMILES string of the molecule is [CH3][Hf]([CH3])(=[SiH2])([CH]1CCCC1)([CH]1CCCC1)([CH]1C=Cc2c(-c3ccccc3-c3ccccc3)cccc21)[CH]1C=Cc2c(-c3ccccc3-c3ccccc3)cccc21. The van der Waals surface area contributed by atoms with E-state index in [1.165, 1.54) is 107 Å². The molecule has 0 nitrogen and oxygen atoms in total. The molecule has 0 saturated heterocycles. The Morgan fingerprint density at radius 2 is 0.732 bits per heavy atom. The fourth-order valence-electron chi connectivity index (χ4n) is 14.5. The Labute approximate surface area is 330 Å². The summed E-state index contributed by atoms with van der Waals surface area (Å²) in [6.45, 7) is 2.71. The first-order valence-corrected chi connectivity index (χ1v) is 45.4. The first-order valence-electron chi connectivity index (χ1n) is 21.6. The van der Waals surface area contributed by atoms with Gasteiger partial charge in [0.15, 0.2) is 0 Å². The molecular formula is C54H56HfSi. The van der Waals surface area contributed by atoms with Gasteiger partial charge in [-0.15, -0.1) is 0 Å². The van der Waals surface area contributed by atoms with Gasteiger partial charge in [-0.05, 0) is 0 Å². The van der Waals surface area contributed by atoms with Crippen molar-refractivity contribution in [2.45, 2.75) is 75.4 Å². The summed E-state index contributed by atoms with van der Waals surface area (Å²) in [6, 6.07) is 55.0. The van der Waals surface area contributed by atoms with Crippen molar-refractivity contribution in [2.75, 3.05) is 0 Å². The molecule has 2 atom stereocenters. The van der Waals surface area contributed by atoms with Crippen LogP contribution in [-0.2, 0) is 14.2 Å². The van der Waals surface area contributed by atoms with E-state index in [2.05, 4.69) is 186 Å². The summed E-state index contributed by atoms with van der Waals surface area (Å²) in [4.78, 5) is 0. The maximum atomic E-state index is 3.08. The van der Waals surface area contributed by atoms with E-state index in [1.807, 2.05) is 0 Å². The van der Waals surface area contributed by atoms with Gasteiger partial charge in [-0.2, -0.15) is 0 Å². The maximum absolute atomic E-state index is 5.46. The van der Waals surface area contributed by atoms with E-state index in [-0.39, 0.29) is 0 Å². The molecule has 0 N–H and O–H groups in total. The van der Waals surface area contributed by atoms with E-state index in [9.17, 15) is 0 Å². The van der Waals surface area contributed by atoms with Crippen molar-refractivity contribution >= 4 is 19.1 Å². The second-order valence-electron chi connectivity index (χ2n) is 20.4. The molecule has 0 aromatic heterocycles. The molecule has 2 heteroatoms. The summed E-state index contributed by atoms with van der Waals surface area (Å²) < 4.78 is 8.53. The van der Waals surface area contributed by atoms with Gasteiger partial charge < -0.3 is 0 Å². The third kappa shape index (κ3) is 4.78. The Hall–Kier alpha value is -4.11. The molecule has 2 saturated carbocycles. The van der Waals surface area contributed by atoms with Crippen molar-refractivity contribution in [1.82, 2.24) is 0 Å². The first-order chi connectivity index (χ1) is 27.2. The molecule has 4 aliphatic carbocycles. The number of allylic oxidation sites excluding steroid dienone is 2. The summed E-state index contributed by atoms with van der Waals surface area (Å²) in [6.07, 6.45) is 21.8. The molecule has 280 valence electrons. The van der Waals surface area contributed by atoms with Gasteiger partial charge in [0.2, 0.25) is 0 Å². The topological polar surface area (TPSA) is 0 Å². The first kappa shape index (κ1) is 36.2. The molecule has 0 aliphatic heterocycles. The Kier molecular flexibility index (Phi) is 8.05. The molecule has 0 radical (unpaired) electrons. The number of fused-ring (bicyclic) bond motifs is 2. The molecule has 0 spiro atoms. The van der Waals surface area contributed by atoms with E-state index in [0.29, 0.717) is 7.35 Å². The molecule has 0 bridgehead atoms. The molecule has 10 rings (SSSR count). The average Bonchev–Trinajstić information content (AvgIpc) is 4.09. The predicted molar refractivity (Wildman–Crippen MR) is 243 cm³/mol. The van der Waals surface area contributed by atoms with E-state index in [1.54, 1.807) is 11.1 Å². The summed E-state index contributed by atoms with van der Waals surface area (Å²) >= 11 is -5.46. The fourth-order valence-corrected chi connectivity index (χ4v) is 78.0.